The van der Waals surface area contributed by atoms with Gasteiger partial charge in [-0.25, -0.2) is 0 Å². The molecule has 6 heteroatoms. The first-order valence-corrected chi connectivity index (χ1v) is 10.9. The van der Waals surface area contributed by atoms with Gasteiger partial charge in [0.05, 0.1) is 10.2 Å². The lowest BCUT2D eigenvalue weighted by molar-refractivity contribution is 0.0955. The number of rotatable bonds is 6. The number of hydrogen-bond acceptors (Lipinski definition) is 5. The van der Waals surface area contributed by atoms with Gasteiger partial charge in [0.15, 0.2) is 0 Å². The van der Waals surface area contributed by atoms with Crippen LogP contribution in [-0.2, 0) is 0 Å². The molecular formula is C25H20N4OS. The van der Waals surface area contributed by atoms with E-state index in [9.17, 15) is 4.79 Å². The van der Waals surface area contributed by atoms with Gasteiger partial charge in [-0.2, -0.15) is 4.37 Å². The van der Waals surface area contributed by atoms with Crippen molar-refractivity contribution in [1.82, 2.24) is 14.7 Å². The highest BCUT2D eigenvalue weighted by molar-refractivity contribution is 7.13. The summed E-state index contributed by atoms with van der Waals surface area (Å²) in [7, 11) is 0. The molecule has 0 atom stereocenters. The zero-order valence-electron chi connectivity index (χ0n) is 16.7. The second kappa shape index (κ2) is 8.53. The Kier molecular flexibility index (Phi) is 5.29. The first kappa shape index (κ1) is 19.2. The van der Waals surface area contributed by atoms with Crippen LogP contribution in [0.1, 0.15) is 10.4 Å². The maximum absolute atomic E-state index is 12.7. The van der Waals surface area contributed by atoms with E-state index in [-0.39, 0.29) is 5.91 Å². The van der Waals surface area contributed by atoms with Crippen molar-refractivity contribution in [2.75, 3.05) is 18.4 Å². The standard InChI is InChI=1S/C25H20N4OS/c30-25(28-15-14-27-24-21-10-1-2-12-22(21)31-29-24)19-8-3-7-18(16-19)20-11-4-6-17-9-5-13-26-23(17)20/h1-13,16H,14-15H2,(H,27,29)(H,28,30). The molecule has 0 spiro atoms. The largest absolute Gasteiger partial charge is 0.367 e. The van der Waals surface area contributed by atoms with Crippen molar-refractivity contribution in [2.24, 2.45) is 0 Å². The molecule has 0 saturated carbocycles. The number of carbonyl (C=O) groups excluding carboxylic acids is 1. The molecule has 1 amide bonds. The summed E-state index contributed by atoms with van der Waals surface area (Å²) in [5.41, 5.74) is 3.56. The molecule has 0 fully saturated rings. The molecule has 3 aromatic carbocycles. The van der Waals surface area contributed by atoms with Gasteiger partial charge >= 0.3 is 0 Å². The van der Waals surface area contributed by atoms with E-state index in [2.05, 4.69) is 26.1 Å². The van der Waals surface area contributed by atoms with Crippen molar-refractivity contribution in [2.45, 2.75) is 0 Å². The minimum Gasteiger partial charge on any atom is -0.367 e. The lowest BCUT2D eigenvalue weighted by Gasteiger charge is -2.09. The fourth-order valence-corrected chi connectivity index (χ4v) is 4.39. The summed E-state index contributed by atoms with van der Waals surface area (Å²) in [6, 6.07) is 25.8. The van der Waals surface area contributed by atoms with Crippen LogP contribution in [0.2, 0.25) is 0 Å². The topological polar surface area (TPSA) is 66.9 Å². The molecule has 2 aromatic heterocycles. The summed E-state index contributed by atoms with van der Waals surface area (Å²) in [4.78, 5) is 17.2. The average Bonchev–Trinajstić information content (AvgIpc) is 3.24. The Balaban J connectivity index is 1.26. The van der Waals surface area contributed by atoms with Crippen molar-refractivity contribution >= 4 is 44.2 Å². The monoisotopic (exact) mass is 424 g/mol. The molecule has 0 aliphatic rings. The van der Waals surface area contributed by atoms with Crippen LogP contribution in [0.5, 0.6) is 0 Å². The van der Waals surface area contributed by atoms with Gasteiger partial charge in [-0.05, 0) is 47.4 Å². The van der Waals surface area contributed by atoms with Crippen molar-refractivity contribution in [3.8, 4) is 11.1 Å². The number of para-hydroxylation sites is 1. The van der Waals surface area contributed by atoms with Crippen LogP contribution in [0.3, 0.4) is 0 Å². The van der Waals surface area contributed by atoms with Gasteiger partial charge in [0, 0.05) is 41.2 Å². The number of benzene rings is 3. The maximum Gasteiger partial charge on any atom is 0.251 e. The van der Waals surface area contributed by atoms with E-state index in [0.717, 1.165) is 37.9 Å². The summed E-state index contributed by atoms with van der Waals surface area (Å²) in [5, 5.41) is 8.48. The molecular weight excluding hydrogens is 404 g/mol. The summed E-state index contributed by atoms with van der Waals surface area (Å²) in [6.45, 7) is 1.11. The molecule has 152 valence electrons. The van der Waals surface area contributed by atoms with E-state index in [1.807, 2.05) is 72.8 Å². The van der Waals surface area contributed by atoms with Gasteiger partial charge in [0.25, 0.3) is 5.91 Å². The summed E-state index contributed by atoms with van der Waals surface area (Å²) >= 11 is 1.47. The third-order valence-corrected chi connectivity index (χ3v) is 5.98. The van der Waals surface area contributed by atoms with E-state index < -0.39 is 0 Å². The van der Waals surface area contributed by atoms with E-state index in [4.69, 9.17) is 0 Å². The summed E-state index contributed by atoms with van der Waals surface area (Å²) in [5.74, 6) is 0.764. The first-order valence-electron chi connectivity index (χ1n) is 10.1. The molecule has 0 unspecified atom stereocenters. The normalized spacial score (nSPS) is 11.0. The molecule has 5 nitrogen and oxygen atoms in total. The number of amides is 1. The van der Waals surface area contributed by atoms with Crippen LogP contribution < -0.4 is 10.6 Å². The third-order valence-electron chi connectivity index (χ3n) is 5.15. The van der Waals surface area contributed by atoms with Gasteiger partial charge in [0.2, 0.25) is 0 Å². The maximum atomic E-state index is 12.7. The highest BCUT2D eigenvalue weighted by Gasteiger charge is 2.10. The molecule has 2 heterocycles. The predicted octanol–water partition coefficient (Wildman–Crippen LogP) is 5.35. The summed E-state index contributed by atoms with van der Waals surface area (Å²) < 4.78 is 5.60. The highest BCUT2D eigenvalue weighted by Crippen LogP contribution is 2.28. The lowest BCUT2D eigenvalue weighted by atomic mass is 10.00. The average molecular weight is 425 g/mol. The van der Waals surface area contributed by atoms with Crippen LogP contribution in [-0.4, -0.2) is 28.4 Å². The Bertz CT molecular complexity index is 1370. The van der Waals surface area contributed by atoms with Gasteiger partial charge in [0.1, 0.15) is 5.82 Å². The molecule has 0 radical (unpaired) electrons. The molecule has 5 aromatic rings. The van der Waals surface area contributed by atoms with Crippen molar-refractivity contribution < 1.29 is 4.79 Å². The van der Waals surface area contributed by atoms with Crippen LogP contribution >= 0.6 is 11.5 Å². The van der Waals surface area contributed by atoms with Gasteiger partial charge in [-0.3, -0.25) is 9.78 Å². The van der Waals surface area contributed by atoms with Gasteiger partial charge < -0.3 is 10.6 Å². The van der Waals surface area contributed by atoms with E-state index >= 15 is 0 Å². The molecule has 0 saturated heterocycles. The second-order valence-corrected chi connectivity index (χ2v) is 7.98. The number of aromatic nitrogens is 2. The number of hydrogen-bond donors (Lipinski definition) is 2. The van der Waals surface area contributed by atoms with Gasteiger partial charge in [-0.1, -0.05) is 48.5 Å². The Labute approximate surface area is 183 Å². The number of nitrogens with one attached hydrogen (secondary N) is 2. The zero-order valence-corrected chi connectivity index (χ0v) is 17.5. The highest BCUT2D eigenvalue weighted by atomic mass is 32.1. The molecule has 5 rings (SSSR count). The van der Waals surface area contributed by atoms with Crippen LogP contribution in [0, 0.1) is 0 Å². The number of fused-ring (bicyclic) bond motifs is 2. The third kappa shape index (κ3) is 3.98. The number of anilines is 1. The molecule has 0 aliphatic carbocycles. The minimum atomic E-state index is -0.0972. The van der Waals surface area contributed by atoms with E-state index in [1.165, 1.54) is 11.5 Å². The van der Waals surface area contributed by atoms with Gasteiger partial charge in [-0.15, -0.1) is 0 Å². The predicted molar refractivity (Wildman–Crippen MR) is 128 cm³/mol. The Morgan fingerprint density at radius 2 is 1.77 bits per heavy atom. The molecule has 31 heavy (non-hydrogen) atoms. The van der Waals surface area contributed by atoms with Crippen LogP contribution in [0.25, 0.3) is 32.1 Å². The van der Waals surface area contributed by atoms with Crippen LogP contribution in [0.15, 0.2) is 85.1 Å². The molecule has 2 N–H and O–H groups in total. The second-order valence-electron chi connectivity index (χ2n) is 7.17. The number of pyridine rings is 1. The number of carbonyl (C=O) groups is 1. The Hall–Kier alpha value is -3.77. The molecule has 0 bridgehead atoms. The SMILES string of the molecule is O=C(NCCNc1nsc2ccccc12)c1cccc(-c2cccc3cccnc23)c1. The number of nitrogens with zero attached hydrogens (tertiary/aromatic N) is 2. The minimum absolute atomic E-state index is 0.0972. The Morgan fingerprint density at radius 1 is 0.903 bits per heavy atom. The fourth-order valence-electron chi connectivity index (χ4n) is 3.64. The van der Waals surface area contributed by atoms with E-state index in [0.29, 0.717) is 18.7 Å². The molecule has 0 aliphatic heterocycles. The Morgan fingerprint density at radius 3 is 2.74 bits per heavy atom. The smallest absolute Gasteiger partial charge is 0.251 e. The fraction of sp³-hybridized carbons (Fsp3) is 0.0800. The van der Waals surface area contributed by atoms with E-state index in [1.54, 1.807) is 6.20 Å². The van der Waals surface area contributed by atoms with Crippen LogP contribution in [0.4, 0.5) is 5.82 Å². The summed E-state index contributed by atoms with van der Waals surface area (Å²) in [6.07, 6.45) is 1.79. The van der Waals surface area contributed by atoms with Crippen molar-refractivity contribution in [3.63, 3.8) is 0 Å². The van der Waals surface area contributed by atoms with Crippen molar-refractivity contribution in [3.05, 3.63) is 90.6 Å². The first-order chi connectivity index (χ1) is 15.3. The zero-order chi connectivity index (χ0) is 21.0. The lowest BCUT2D eigenvalue weighted by Crippen LogP contribution is -2.28. The van der Waals surface area contributed by atoms with Crippen molar-refractivity contribution in [1.29, 1.82) is 0 Å². The quantitative estimate of drug-likeness (QED) is 0.361.